The number of benzene rings is 2. The number of ether oxygens (including phenoxy) is 1. The molecular weight excluding hydrogens is 304 g/mol. The normalized spacial score (nSPS) is 15.3. The van der Waals surface area contributed by atoms with E-state index in [1.165, 1.54) is 0 Å². The van der Waals surface area contributed by atoms with Gasteiger partial charge in [0.1, 0.15) is 11.5 Å². The third-order valence-corrected chi connectivity index (χ3v) is 4.16. The molecule has 1 aliphatic heterocycles. The largest absolute Gasteiger partial charge is 0.457 e. The molecule has 2 aromatic carbocycles. The molecule has 1 heterocycles. The summed E-state index contributed by atoms with van der Waals surface area (Å²) in [6, 6.07) is 16.8. The molecule has 126 valence electrons. The number of rotatable bonds is 5. The van der Waals surface area contributed by atoms with Crippen molar-refractivity contribution in [3.63, 3.8) is 0 Å². The van der Waals surface area contributed by atoms with Crippen LogP contribution in [-0.4, -0.2) is 60.1 Å². The smallest absolute Gasteiger partial charge is 0.257 e. The average Bonchev–Trinajstić information content (AvgIpc) is 2.63. The lowest BCUT2D eigenvalue weighted by Crippen LogP contribution is -2.49. The van der Waals surface area contributed by atoms with Gasteiger partial charge >= 0.3 is 0 Å². The molecular formula is C19H22N2O3. The van der Waals surface area contributed by atoms with Crippen LogP contribution in [0.25, 0.3) is 0 Å². The minimum Gasteiger partial charge on any atom is -0.457 e. The summed E-state index contributed by atoms with van der Waals surface area (Å²) in [7, 11) is 0. The van der Waals surface area contributed by atoms with Gasteiger partial charge in [-0.1, -0.05) is 30.3 Å². The molecule has 0 bridgehead atoms. The Labute approximate surface area is 142 Å². The van der Waals surface area contributed by atoms with Gasteiger partial charge in [0.05, 0.1) is 12.2 Å². The minimum atomic E-state index is -0.00909. The number of hydrogen-bond acceptors (Lipinski definition) is 4. The lowest BCUT2D eigenvalue weighted by molar-refractivity contribution is 0.0612. The fourth-order valence-corrected chi connectivity index (χ4v) is 2.83. The first kappa shape index (κ1) is 16.5. The summed E-state index contributed by atoms with van der Waals surface area (Å²) >= 11 is 0. The molecule has 1 N–H and O–H groups in total. The van der Waals surface area contributed by atoms with E-state index in [9.17, 15) is 4.79 Å². The first-order chi connectivity index (χ1) is 11.8. The number of aliphatic hydroxyl groups is 1. The highest BCUT2D eigenvalue weighted by molar-refractivity contribution is 5.97. The predicted molar refractivity (Wildman–Crippen MR) is 92.4 cm³/mol. The summed E-state index contributed by atoms with van der Waals surface area (Å²) in [6.45, 7) is 3.72. The van der Waals surface area contributed by atoms with Crippen molar-refractivity contribution in [1.29, 1.82) is 0 Å². The van der Waals surface area contributed by atoms with Crippen LogP contribution in [0.1, 0.15) is 10.4 Å². The van der Waals surface area contributed by atoms with Crippen LogP contribution in [-0.2, 0) is 0 Å². The van der Waals surface area contributed by atoms with Crippen LogP contribution in [0.5, 0.6) is 11.5 Å². The predicted octanol–water partition coefficient (Wildman–Crippen LogP) is 2.23. The molecule has 1 saturated heterocycles. The van der Waals surface area contributed by atoms with Gasteiger partial charge in [-0.2, -0.15) is 0 Å². The number of hydrogen-bond donors (Lipinski definition) is 1. The third kappa shape index (κ3) is 3.93. The zero-order chi connectivity index (χ0) is 16.8. The fraction of sp³-hybridized carbons (Fsp3) is 0.316. The Bertz CT molecular complexity index is 667. The Morgan fingerprint density at radius 3 is 2.33 bits per heavy atom. The van der Waals surface area contributed by atoms with Gasteiger partial charge in [0, 0.05) is 32.7 Å². The molecule has 0 spiro atoms. The van der Waals surface area contributed by atoms with Gasteiger partial charge in [-0.15, -0.1) is 0 Å². The zero-order valence-electron chi connectivity index (χ0n) is 13.6. The van der Waals surface area contributed by atoms with Crippen LogP contribution >= 0.6 is 0 Å². The molecule has 1 amide bonds. The highest BCUT2D eigenvalue weighted by Gasteiger charge is 2.24. The Hall–Kier alpha value is -2.37. The second-order valence-corrected chi connectivity index (χ2v) is 5.77. The zero-order valence-corrected chi connectivity index (χ0v) is 13.6. The van der Waals surface area contributed by atoms with Gasteiger partial charge in [-0.3, -0.25) is 9.69 Å². The fourth-order valence-electron chi connectivity index (χ4n) is 2.83. The van der Waals surface area contributed by atoms with E-state index in [1.807, 2.05) is 53.4 Å². The minimum absolute atomic E-state index is 0.00909. The average molecular weight is 326 g/mol. The number of aliphatic hydroxyl groups excluding tert-OH is 1. The topological polar surface area (TPSA) is 53.0 Å². The number of carbonyl (C=O) groups is 1. The number of carbonyl (C=O) groups excluding carboxylic acids is 1. The second-order valence-electron chi connectivity index (χ2n) is 5.77. The van der Waals surface area contributed by atoms with E-state index in [2.05, 4.69) is 4.90 Å². The maximum absolute atomic E-state index is 12.9. The van der Waals surface area contributed by atoms with Gasteiger partial charge in [0.25, 0.3) is 5.91 Å². The number of piperazine rings is 1. The van der Waals surface area contributed by atoms with Crippen molar-refractivity contribution in [3.05, 3.63) is 60.2 Å². The van der Waals surface area contributed by atoms with Crippen molar-refractivity contribution in [1.82, 2.24) is 9.80 Å². The van der Waals surface area contributed by atoms with Gasteiger partial charge in [-0.25, -0.2) is 0 Å². The molecule has 5 nitrogen and oxygen atoms in total. The van der Waals surface area contributed by atoms with Crippen LogP contribution in [0.3, 0.4) is 0 Å². The van der Waals surface area contributed by atoms with Crippen LogP contribution < -0.4 is 4.74 Å². The second kappa shape index (κ2) is 7.95. The summed E-state index contributed by atoms with van der Waals surface area (Å²) in [5.41, 5.74) is 0.581. The SMILES string of the molecule is O=C(c1ccccc1Oc1ccccc1)N1CCN(CCO)CC1. The van der Waals surface area contributed by atoms with Crippen LogP contribution in [0.2, 0.25) is 0 Å². The van der Waals surface area contributed by atoms with E-state index in [-0.39, 0.29) is 12.5 Å². The Balaban J connectivity index is 1.71. The van der Waals surface area contributed by atoms with E-state index >= 15 is 0 Å². The molecule has 2 aromatic rings. The van der Waals surface area contributed by atoms with E-state index in [0.29, 0.717) is 36.7 Å². The van der Waals surface area contributed by atoms with Crippen molar-refractivity contribution in [3.8, 4) is 11.5 Å². The number of nitrogens with zero attached hydrogens (tertiary/aromatic N) is 2. The first-order valence-corrected chi connectivity index (χ1v) is 8.22. The Kier molecular flexibility index (Phi) is 5.46. The van der Waals surface area contributed by atoms with Gasteiger partial charge in [0.15, 0.2) is 0 Å². The molecule has 3 rings (SSSR count). The summed E-state index contributed by atoms with van der Waals surface area (Å²) in [6.07, 6.45) is 0. The van der Waals surface area contributed by atoms with E-state index in [1.54, 1.807) is 6.07 Å². The van der Waals surface area contributed by atoms with Crippen LogP contribution in [0, 0.1) is 0 Å². The first-order valence-electron chi connectivity index (χ1n) is 8.22. The van der Waals surface area contributed by atoms with Gasteiger partial charge in [0.2, 0.25) is 0 Å². The molecule has 0 radical (unpaired) electrons. The lowest BCUT2D eigenvalue weighted by atomic mass is 10.1. The highest BCUT2D eigenvalue weighted by atomic mass is 16.5. The van der Waals surface area contributed by atoms with Crippen molar-refractivity contribution in [2.75, 3.05) is 39.3 Å². The summed E-state index contributed by atoms with van der Waals surface area (Å²) in [4.78, 5) is 16.9. The molecule has 1 fully saturated rings. The molecule has 1 aliphatic rings. The maximum Gasteiger partial charge on any atom is 0.257 e. The Morgan fingerprint density at radius 1 is 0.958 bits per heavy atom. The molecule has 0 atom stereocenters. The molecule has 0 saturated carbocycles. The monoisotopic (exact) mass is 326 g/mol. The standard InChI is InChI=1S/C19H22N2O3/c22-15-14-20-10-12-21(13-11-20)19(23)17-8-4-5-9-18(17)24-16-6-2-1-3-7-16/h1-9,22H,10-15H2. The summed E-state index contributed by atoms with van der Waals surface area (Å²) < 4.78 is 5.89. The molecule has 0 aliphatic carbocycles. The maximum atomic E-state index is 12.9. The van der Waals surface area contributed by atoms with E-state index in [0.717, 1.165) is 13.1 Å². The van der Waals surface area contributed by atoms with E-state index < -0.39 is 0 Å². The van der Waals surface area contributed by atoms with E-state index in [4.69, 9.17) is 9.84 Å². The summed E-state index contributed by atoms with van der Waals surface area (Å²) in [5.74, 6) is 1.28. The van der Waals surface area contributed by atoms with Crippen molar-refractivity contribution < 1.29 is 14.6 Å². The number of β-amino-alcohol motifs (C(OH)–C–C–N with tert-alkyl or cyclic N) is 1. The van der Waals surface area contributed by atoms with Crippen LogP contribution in [0.15, 0.2) is 54.6 Å². The molecule has 24 heavy (non-hydrogen) atoms. The lowest BCUT2D eigenvalue weighted by Gasteiger charge is -2.34. The number of amides is 1. The summed E-state index contributed by atoms with van der Waals surface area (Å²) in [5, 5.41) is 9.01. The Morgan fingerprint density at radius 2 is 1.62 bits per heavy atom. The van der Waals surface area contributed by atoms with Gasteiger partial charge in [-0.05, 0) is 24.3 Å². The number of para-hydroxylation sites is 2. The van der Waals surface area contributed by atoms with Crippen molar-refractivity contribution in [2.24, 2.45) is 0 Å². The van der Waals surface area contributed by atoms with Crippen molar-refractivity contribution >= 4 is 5.91 Å². The highest BCUT2D eigenvalue weighted by Crippen LogP contribution is 2.26. The van der Waals surface area contributed by atoms with Gasteiger partial charge < -0.3 is 14.7 Å². The quantitative estimate of drug-likeness (QED) is 0.915. The van der Waals surface area contributed by atoms with Crippen LogP contribution in [0.4, 0.5) is 0 Å². The van der Waals surface area contributed by atoms with Crippen molar-refractivity contribution in [2.45, 2.75) is 0 Å². The molecule has 0 unspecified atom stereocenters. The molecule has 0 aromatic heterocycles. The third-order valence-electron chi connectivity index (χ3n) is 4.16. The molecule has 5 heteroatoms.